The van der Waals surface area contributed by atoms with Crippen LogP contribution in [0.1, 0.15) is 62.6 Å². The molecule has 0 radical (unpaired) electrons. The lowest BCUT2D eigenvalue weighted by Gasteiger charge is -2.02. The molecule has 0 bridgehead atoms. The second kappa shape index (κ2) is 12.8. The fraction of sp³-hybridized carbons (Fsp3) is 0.385. The van der Waals surface area contributed by atoms with Crippen molar-refractivity contribution in [2.24, 2.45) is 4.99 Å². The maximum Gasteiger partial charge on any atom is 0.173 e. The minimum atomic E-state index is 0.717. The van der Waals surface area contributed by atoms with E-state index in [0.29, 0.717) is 6.54 Å². The van der Waals surface area contributed by atoms with Gasteiger partial charge in [0.15, 0.2) is 18.9 Å². The Balaban J connectivity index is 1.85. The summed E-state index contributed by atoms with van der Waals surface area (Å²) >= 11 is 0. The molecule has 0 fully saturated rings. The molecule has 0 unspecified atom stereocenters. The SMILES string of the molecule is C=C/C(=C\C=NCc1ccc(C[n+]2ccc(CCCC)cc2)cc1)CCCC. The van der Waals surface area contributed by atoms with Crippen molar-refractivity contribution in [3.8, 4) is 0 Å². The lowest BCUT2D eigenvalue weighted by Crippen LogP contribution is -2.33. The largest absolute Gasteiger partial charge is 0.288 e. The van der Waals surface area contributed by atoms with Gasteiger partial charge in [0.05, 0.1) is 6.54 Å². The average molecular weight is 376 g/mol. The van der Waals surface area contributed by atoms with Crippen LogP contribution in [0, 0.1) is 0 Å². The van der Waals surface area contributed by atoms with Gasteiger partial charge in [-0.25, -0.2) is 4.57 Å². The van der Waals surface area contributed by atoms with Gasteiger partial charge in [-0.15, -0.1) is 0 Å². The molecule has 0 aliphatic rings. The molecule has 2 rings (SSSR count). The first-order valence-corrected chi connectivity index (χ1v) is 10.6. The molecular weight excluding hydrogens is 340 g/mol. The van der Waals surface area contributed by atoms with Crippen LogP contribution in [0.4, 0.5) is 0 Å². The van der Waals surface area contributed by atoms with Crippen LogP contribution in [-0.4, -0.2) is 6.21 Å². The molecule has 0 saturated heterocycles. The van der Waals surface area contributed by atoms with E-state index in [9.17, 15) is 0 Å². The normalized spacial score (nSPS) is 11.9. The molecular formula is C26H35N2+. The van der Waals surface area contributed by atoms with Crippen molar-refractivity contribution in [1.29, 1.82) is 0 Å². The summed E-state index contributed by atoms with van der Waals surface area (Å²) in [5.41, 5.74) is 5.24. The van der Waals surface area contributed by atoms with Crippen LogP contribution < -0.4 is 4.57 Å². The first kappa shape index (κ1) is 21.8. The van der Waals surface area contributed by atoms with E-state index in [1.54, 1.807) is 0 Å². The third-order valence-electron chi connectivity index (χ3n) is 4.92. The highest BCUT2D eigenvalue weighted by molar-refractivity contribution is 5.72. The van der Waals surface area contributed by atoms with Gasteiger partial charge in [0.25, 0.3) is 0 Å². The molecule has 28 heavy (non-hydrogen) atoms. The van der Waals surface area contributed by atoms with Crippen molar-refractivity contribution in [2.45, 2.75) is 65.5 Å². The molecule has 1 aromatic carbocycles. The molecule has 148 valence electrons. The second-order valence-corrected chi connectivity index (χ2v) is 7.34. The molecule has 2 heteroatoms. The summed E-state index contributed by atoms with van der Waals surface area (Å²) in [5.74, 6) is 0. The number of rotatable bonds is 12. The Morgan fingerprint density at radius 1 is 0.929 bits per heavy atom. The predicted molar refractivity (Wildman–Crippen MR) is 121 cm³/mol. The third kappa shape index (κ3) is 8.04. The standard InChI is InChI=1S/C26H35N2/c1-4-7-9-23(6-3)15-18-27-21-25-11-13-26(14-12-25)22-28-19-16-24(17-20-28)10-8-5-2/h6,11-20H,3-5,7-10,21-22H2,1-2H3/q+1/b23-15+,27-18?. The van der Waals surface area contributed by atoms with Gasteiger partial charge in [-0.2, -0.15) is 0 Å². The van der Waals surface area contributed by atoms with Crippen molar-refractivity contribution in [2.75, 3.05) is 0 Å². The van der Waals surface area contributed by atoms with Gasteiger partial charge in [-0.05, 0) is 48.5 Å². The number of aromatic nitrogens is 1. The van der Waals surface area contributed by atoms with Gasteiger partial charge >= 0.3 is 0 Å². The minimum Gasteiger partial charge on any atom is -0.288 e. The van der Waals surface area contributed by atoms with Crippen molar-refractivity contribution >= 4 is 6.21 Å². The maximum absolute atomic E-state index is 4.53. The van der Waals surface area contributed by atoms with Crippen LogP contribution in [-0.2, 0) is 19.5 Å². The number of aryl methyl sites for hydroxylation is 1. The van der Waals surface area contributed by atoms with Crippen molar-refractivity contribution in [3.63, 3.8) is 0 Å². The molecule has 1 aromatic heterocycles. The predicted octanol–water partition coefficient (Wildman–Crippen LogP) is 6.24. The van der Waals surface area contributed by atoms with Crippen molar-refractivity contribution in [1.82, 2.24) is 0 Å². The van der Waals surface area contributed by atoms with E-state index in [0.717, 1.165) is 13.0 Å². The van der Waals surface area contributed by atoms with Crippen molar-refractivity contribution < 1.29 is 4.57 Å². The Morgan fingerprint density at radius 2 is 1.61 bits per heavy atom. The number of benzene rings is 1. The number of pyridine rings is 1. The van der Waals surface area contributed by atoms with Gasteiger partial charge in [-0.1, -0.05) is 63.6 Å². The van der Waals surface area contributed by atoms with Gasteiger partial charge in [-0.3, -0.25) is 4.99 Å². The average Bonchev–Trinajstić information content (AvgIpc) is 2.74. The second-order valence-electron chi connectivity index (χ2n) is 7.34. The highest BCUT2D eigenvalue weighted by Gasteiger charge is 2.03. The number of hydrogen-bond donors (Lipinski definition) is 0. The van der Waals surface area contributed by atoms with Crippen LogP contribution in [0.25, 0.3) is 0 Å². The molecule has 2 nitrogen and oxygen atoms in total. The number of unbranched alkanes of at least 4 members (excludes halogenated alkanes) is 2. The van der Waals surface area contributed by atoms with Crippen LogP contribution in [0.15, 0.2) is 78.1 Å². The third-order valence-corrected chi connectivity index (χ3v) is 4.92. The van der Waals surface area contributed by atoms with Crippen LogP contribution in [0.3, 0.4) is 0 Å². The van der Waals surface area contributed by atoms with Gasteiger partial charge in [0.1, 0.15) is 0 Å². The van der Waals surface area contributed by atoms with E-state index in [1.807, 2.05) is 12.3 Å². The Hall–Kier alpha value is -2.48. The number of allylic oxidation sites excluding steroid dienone is 3. The van der Waals surface area contributed by atoms with E-state index in [2.05, 4.69) is 84.9 Å². The number of hydrogen-bond acceptors (Lipinski definition) is 1. The molecule has 0 atom stereocenters. The van der Waals surface area contributed by atoms with Gasteiger partial charge < -0.3 is 0 Å². The Morgan fingerprint density at radius 3 is 2.25 bits per heavy atom. The van der Waals surface area contributed by atoms with Crippen LogP contribution in [0.2, 0.25) is 0 Å². The summed E-state index contributed by atoms with van der Waals surface area (Å²) < 4.78 is 2.24. The molecule has 2 aromatic rings. The summed E-state index contributed by atoms with van der Waals surface area (Å²) in [7, 11) is 0. The Kier molecular flexibility index (Phi) is 9.99. The van der Waals surface area contributed by atoms with E-state index in [4.69, 9.17) is 0 Å². The quantitative estimate of drug-likeness (QED) is 0.237. The fourth-order valence-electron chi connectivity index (χ4n) is 3.04. The van der Waals surface area contributed by atoms with Gasteiger partial charge in [0, 0.05) is 23.9 Å². The zero-order valence-corrected chi connectivity index (χ0v) is 17.6. The summed E-state index contributed by atoms with van der Waals surface area (Å²) in [5, 5.41) is 0. The molecule has 0 aliphatic heterocycles. The smallest absolute Gasteiger partial charge is 0.173 e. The lowest BCUT2D eigenvalue weighted by molar-refractivity contribution is -0.688. The fourth-order valence-corrected chi connectivity index (χ4v) is 3.04. The van der Waals surface area contributed by atoms with E-state index in [1.165, 1.54) is 54.4 Å². The Bertz CT molecular complexity index is 752. The summed E-state index contributed by atoms with van der Waals surface area (Å²) in [4.78, 5) is 4.53. The van der Waals surface area contributed by atoms with E-state index in [-0.39, 0.29) is 0 Å². The summed E-state index contributed by atoms with van der Waals surface area (Å²) in [6.07, 6.45) is 17.5. The molecule has 0 N–H and O–H groups in total. The van der Waals surface area contributed by atoms with Crippen molar-refractivity contribution in [3.05, 3.63) is 89.8 Å². The molecule has 0 spiro atoms. The molecule has 1 heterocycles. The minimum absolute atomic E-state index is 0.717. The topological polar surface area (TPSA) is 16.2 Å². The molecule has 0 amide bonds. The molecule has 0 aliphatic carbocycles. The Labute approximate surface area is 171 Å². The maximum atomic E-state index is 4.53. The van der Waals surface area contributed by atoms with Crippen LogP contribution >= 0.6 is 0 Å². The number of nitrogens with zero attached hydrogens (tertiary/aromatic N) is 2. The zero-order chi connectivity index (χ0) is 20.0. The summed E-state index contributed by atoms with van der Waals surface area (Å²) in [6, 6.07) is 13.2. The van der Waals surface area contributed by atoms with Gasteiger partial charge in [0.2, 0.25) is 0 Å². The highest BCUT2D eigenvalue weighted by Crippen LogP contribution is 2.08. The van der Waals surface area contributed by atoms with Crippen LogP contribution in [0.5, 0.6) is 0 Å². The first-order valence-electron chi connectivity index (χ1n) is 10.6. The zero-order valence-electron chi connectivity index (χ0n) is 17.6. The lowest BCUT2D eigenvalue weighted by atomic mass is 10.1. The number of aliphatic imine (C=N–C) groups is 1. The highest BCUT2D eigenvalue weighted by atomic mass is 14.9. The summed E-state index contributed by atoms with van der Waals surface area (Å²) in [6.45, 7) is 9.95. The van der Waals surface area contributed by atoms with E-state index < -0.39 is 0 Å². The first-order chi connectivity index (χ1) is 13.7. The monoisotopic (exact) mass is 375 g/mol. The van der Waals surface area contributed by atoms with E-state index >= 15 is 0 Å². The molecule has 0 saturated carbocycles.